The Labute approximate surface area is 175 Å². The molecule has 0 radical (unpaired) electrons. The van der Waals surface area contributed by atoms with Crippen LogP contribution < -0.4 is 10.1 Å². The first-order valence-electron chi connectivity index (χ1n) is 9.67. The van der Waals surface area contributed by atoms with E-state index >= 15 is 0 Å². The summed E-state index contributed by atoms with van der Waals surface area (Å²) in [6.45, 7) is 0. The Bertz CT molecular complexity index is 1020. The third-order valence-corrected chi connectivity index (χ3v) is 4.59. The molecule has 154 valence electrons. The van der Waals surface area contributed by atoms with E-state index in [1.807, 2.05) is 66.7 Å². The van der Waals surface area contributed by atoms with E-state index in [9.17, 15) is 9.59 Å². The maximum Gasteiger partial charge on any atom is 0.305 e. The number of nitrogens with one attached hydrogen (secondary N) is 1. The van der Waals surface area contributed by atoms with Gasteiger partial charge in [0, 0.05) is 29.7 Å². The van der Waals surface area contributed by atoms with Gasteiger partial charge in [0.05, 0.1) is 25.6 Å². The minimum atomic E-state index is -0.312. The van der Waals surface area contributed by atoms with E-state index in [1.165, 1.54) is 7.11 Å². The van der Waals surface area contributed by atoms with Crippen LogP contribution in [0.15, 0.2) is 66.7 Å². The maximum absolute atomic E-state index is 12.1. The normalized spacial score (nSPS) is 10.3. The van der Waals surface area contributed by atoms with Crippen molar-refractivity contribution in [1.82, 2.24) is 4.98 Å². The summed E-state index contributed by atoms with van der Waals surface area (Å²) < 4.78 is 9.79. The van der Waals surface area contributed by atoms with E-state index in [4.69, 9.17) is 9.72 Å². The lowest BCUT2D eigenvalue weighted by molar-refractivity contribution is -0.140. The zero-order valence-electron chi connectivity index (χ0n) is 17.1. The molecule has 1 N–H and O–H groups in total. The minimum Gasteiger partial charge on any atom is -0.497 e. The number of hydrogen-bond donors (Lipinski definition) is 1. The summed E-state index contributed by atoms with van der Waals surface area (Å²) in [5.74, 6) is 0.341. The third kappa shape index (κ3) is 5.67. The Morgan fingerprint density at radius 2 is 1.57 bits per heavy atom. The van der Waals surface area contributed by atoms with Crippen molar-refractivity contribution in [3.05, 3.63) is 66.7 Å². The summed E-state index contributed by atoms with van der Waals surface area (Å²) in [4.78, 5) is 28.0. The Morgan fingerprint density at radius 3 is 2.27 bits per heavy atom. The summed E-state index contributed by atoms with van der Waals surface area (Å²) in [7, 11) is 2.98. The maximum atomic E-state index is 12.1. The molecule has 1 amide bonds. The molecule has 6 heteroatoms. The van der Waals surface area contributed by atoms with Crippen molar-refractivity contribution in [2.24, 2.45) is 0 Å². The molecule has 1 heterocycles. The SMILES string of the molecule is COC(=O)CCCC(=O)Nc1cccc(-c2cccc(-c3ccc(OC)cc3)n2)c1. The number of methoxy groups -OCH3 is 2. The molecule has 0 aliphatic rings. The monoisotopic (exact) mass is 404 g/mol. The van der Waals surface area contributed by atoms with Gasteiger partial charge in [-0.25, -0.2) is 4.98 Å². The second kappa shape index (κ2) is 10.2. The number of carbonyl (C=O) groups is 2. The van der Waals surface area contributed by atoms with E-state index in [1.54, 1.807) is 7.11 Å². The molecule has 30 heavy (non-hydrogen) atoms. The Balaban J connectivity index is 1.71. The van der Waals surface area contributed by atoms with E-state index in [2.05, 4.69) is 10.1 Å². The molecular formula is C24H24N2O4. The van der Waals surface area contributed by atoms with Gasteiger partial charge in [-0.05, 0) is 55.0 Å². The van der Waals surface area contributed by atoms with Gasteiger partial charge < -0.3 is 14.8 Å². The summed E-state index contributed by atoms with van der Waals surface area (Å²) in [6.07, 6.45) is 0.931. The van der Waals surface area contributed by atoms with Crippen molar-refractivity contribution < 1.29 is 19.1 Å². The van der Waals surface area contributed by atoms with Crippen LogP contribution in [-0.4, -0.2) is 31.1 Å². The molecule has 0 saturated carbocycles. The quantitative estimate of drug-likeness (QED) is 0.551. The van der Waals surface area contributed by atoms with Crippen molar-refractivity contribution in [3.63, 3.8) is 0 Å². The van der Waals surface area contributed by atoms with Crippen molar-refractivity contribution in [2.45, 2.75) is 19.3 Å². The number of benzene rings is 2. The molecule has 3 aromatic rings. The van der Waals surface area contributed by atoms with E-state index in [-0.39, 0.29) is 24.7 Å². The molecule has 0 bridgehead atoms. The number of ether oxygens (including phenoxy) is 2. The zero-order valence-corrected chi connectivity index (χ0v) is 17.1. The predicted molar refractivity (Wildman–Crippen MR) is 116 cm³/mol. The van der Waals surface area contributed by atoms with Gasteiger partial charge in [-0.1, -0.05) is 18.2 Å². The smallest absolute Gasteiger partial charge is 0.305 e. The summed E-state index contributed by atoms with van der Waals surface area (Å²) in [5.41, 5.74) is 4.25. The summed E-state index contributed by atoms with van der Waals surface area (Å²) in [5, 5.41) is 2.87. The number of pyridine rings is 1. The predicted octanol–water partition coefficient (Wildman–Crippen LogP) is 4.71. The Hall–Kier alpha value is -3.67. The highest BCUT2D eigenvalue weighted by Crippen LogP contribution is 2.26. The average molecular weight is 404 g/mol. The highest BCUT2D eigenvalue weighted by Gasteiger charge is 2.08. The van der Waals surface area contributed by atoms with Crippen LogP contribution in [0.1, 0.15) is 19.3 Å². The number of anilines is 1. The van der Waals surface area contributed by atoms with Crippen LogP contribution in [0.2, 0.25) is 0 Å². The second-order valence-corrected chi connectivity index (χ2v) is 6.70. The van der Waals surface area contributed by atoms with Crippen LogP contribution in [0.25, 0.3) is 22.5 Å². The highest BCUT2D eigenvalue weighted by atomic mass is 16.5. The van der Waals surface area contributed by atoms with Gasteiger partial charge in [0.25, 0.3) is 0 Å². The number of hydrogen-bond acceptors (Lipinski definition) is 5. The van der Waals surface area contributed by atoms with Crippen molar-refractivity contribution in [3.8, 4) is 28.3 Å². The number of amides is 1. The number of aromatic nitrogens is 1. The summed E-state index contributed by atoms with van der Waals surface area (Å²) in [6, 6.07) is 21.1. The van der Waals surface area contributed by atoms with Gasteiger partial charge in [0.1, 0.15) is 5.75 Å². The molecular weight excluding hydrogens is 380 g/mol. The fraction of sp³-hybridized carbons (Fsp3) is 0.208. The Morgan fingerprint density at radius 1 is 0.867 bits per heavy atom. The topological polar surface area (TPSA) is 77.5 Å². The van der Waals surface area contributed by atoms with E-state index < -0.39 is 0 Å². The molecule has 0 saturated heterocycles. The van der Waals surface area contributed by atoms with Gasteiger partial charge in [0.2, 0.25) is 5.91 Å². The first-order valence-corrected chi connectivity index (χ1v) is 9.67. The molecule has 0 atom stereocenters. The lowest BCUT2D eigenvalue weighted by Crippen LogP contribution is -2.12. The van der Waals surface area contributed by atoms with Gasteiger partial charge >= 0.3 is 5.97 Å². The molecule has 6 nitrogen and oxygen atoms in total. The van der Waals surface area contributed by atoms with Crippen molar-refractivity contribution in [1.29, 1.82) is 0 Å². The summed E-state index contributed by atoms with van der Waals surface area (Å²) >= 11 is 0. The van der Waals surface area contributed by atoms with Gasteiger partial charge in [-0.3, -0.25) is 9.59 Å². The van der Waals surface area contributed by atoms with Crippen molar-refractivity contribution in [2.75, 3.05) is 19.5 Å². The standard InChI is InChI=1S/C24H24N2O4/c1-29-20-14-12-17(13-15-20)21-8-4-9-22(26-21)18-6-3-7-19(16-18)25-23(27)10-5-11-24(28)30-2/h3-4,6-9,12-16H,5,10-11H2,1-2H3,(H,25,27). The molecule has 0 unspecified atom stereocenters. The number of nitrogens with zero attached hydrogens (tertiary/aromatic N) is 1. The highest BCUT2D eigenvalue weighted by molar-refractivity contribution is 5.91. The fourth-order valence-electron chi connectivity index (χ4n) is 2.99. The van der Waals surface area contributed by atoms with Gasteiger partial charge in [-0.15, -0.1) is 0 Å². The van der Waals surface area contributed by atoms with Crippen molar-refractivity contribution >= 4 is 17.6 Å². The average Bonchev–Trinajstić information content (AvgIpc) is 2.79. The largest absolute Gasteiger partial charge is 0.497 e. The number of esters is 1. The third-order valence-electron chi connectivity index (χ3n) is 4.59. The minimum absolute atomic E-state index is 0.143. The van der Waals surface area contributed by atoms with Gasteiger partial charge in [-0.2, -0.15) is 0 Å². The number of rotatable bonds is 8. The van der Waals surface area contributed by atoms with Crippen LogP contribution in [0.4, 0.5) is 5.69 Å². The van der Waals surface area contributed by atoms with E-state index in [0.717, 1.165) is 28.3 Å². The molecule has 3 rings (SSSR count). The van der Waals surface area contributed by atoms with Crippen LogP contribution >= 0.6 is 0 Å². The van der Waals surface area contributed by atoms with Gasteiger partial charge in [0.15, 0.2) is 0 Å². The first-order chi connectivity index (χ1) is 14.6. The molecule has 0 aliphatic carbocycles. The van der Waals surface area contributed by atoms with Crippen LogP contribution in [0.3, 0.4) is 0 Å². The molecule has 0 fully saturated rings. The Kier molecular flexibility index (Phi) is 7.16. The molecule has 0 aliphatic heterocycles. The van der Waals surface area contributed by atoms with Crippen LogP contribution in [0.5, 0.6) is 5.75 Å². The lowest BCUT2D eigenvalue weighted by atomic mass is 10.1. The van der Waals surface area contributed by atoms with Crippen LogP contribution in [0, 0.1) is 0 Å². The zero-order chi connectivity index (χ0) is 21.3. The molecule has 0 spiro atoms. The second-order valence-electron chi connectivity index (χ2n) is 6.70. The van der Waals surface area contributed by atoms with Crippen LogP contribution in [-0.2, 0) is 14.3 Å². The number of carbonyl (C=O) groups excluding carboxylic acids is 2. The molecule has 2 aromatic carbocycles. The lowest BCUT2D eigenvalue weighted by Gasteiger charge is -2.09. The fourth-order valence-corrected chi connectivity index (χ4v) is 2.99. The van der Waals surface area contributed by atoms with E-state index in [0.29, 0.717) is 12.1 Å². The first kappa shape index (κ1) is 21.0. The molecule has 1 aromatic heterocycles.